The van der Waals surface area contributed by atoms with Crippen molar-refractivity contribution >= 4 is 227 Å². The van der Waals surface area contributed by atoms with Crippen LogP contribution in [0.3, 0.4) is 0 Å². The first-order valence-electron chi connectivity index (χ1n) is 40.1. The third-order valence-electron chi connectivity index (χ3n) is 25.8. The highest BCUT2D eigenvalue weighted by Crippen LogP contribution is 2.55. The standard InChI is InChI=1S/C100H47B3F10N6O3S2/c104-63-24-9-20-53-54-21-10-25-64(105)91(54)115(90(53)63)48-38-77-87-78(39-48)119(97-71(112)32-15-33-72(97)113)94-57-18-3-7-36-85(57)123-99(94)102(87)59-44-61-80(46-75(59)117(77)95-67(108)28-13-29-68(95)109)120-83-42-50(114-73-34-5-1-16-51(73)52-17-2-6-35-74(52)114)43-84-89(83)101(61)62-45-60-76(47-81(62)121-84)118(96-69(110)30-14-31-70(96)111)79-40-49(116-92-55(22-11-26-65(92)106)56-23-12-27-66(107)93(56)116)41-82-88(79)103(60)100-98(122-82)58-19-4-8-37-86(58)124-100/h1-47H. The van der Waals surface area contributed by atoms with Crippen molar-refractivity contribution in [2.75, 3.05) is 14.7 Å². The van der Waals surface area contributed by atoms with Crippen LogP contribution in [0.2, 0.25) is 0 Å². The van der Waals surface area contributed by atoms with Crippen LogP contribution in [0.25, 0.3) is 103 Å². The number of thiophene rings is 2. The molecule has 0 aliphatic carbocycles. The van der Waals surface area contributed by atoms with Crippen LogP contribution in [-0.4, -0.2) is 33.8 Å². The van der Waals surface area contributed by atoms with Gasteiger partial charge in [0, 0.05) is 126 Å². The van der Waals surface area contributed by atoms with Crippen molar-refractivity contribution in [3.8, 4) is 51.6 Å². The van der Waals surface area contributed by atoms with Crippen molar-refractivity contribution in [2.45, 2.75) is 0 Å². The number of rotatable bonds is 6. The second-order valence-electron chi connectivity index (χ2n) is 32.0. The Morgan fingerprint density at radius 3 is 1.06 bits per heavy atom. The highest BCUT2D eigenvalue weighted by Gasteiger charge is 2.53. The number of ether oxygens (including phenoxy) is 3. The van der Waals surface area contributed by atoms with E-state index in [1.54, 1.807) is 72.8 Å². The van der Waals surface area contributed by atoms with Crippen LogP contribution in [0.15, 0.2) is 285 Å². The summed E-state index contributed by atoms with van der Waals surface area (Å²) in [5.41, 5.74) is 5.53. The van der Waals surface area contributed by atoms with Gasteiger partial charge in [-0.15, -0.1) is 22.7 Å². The van der Waals surface area contributed by atoms with Crippen LogP contribution in [0, 0.1) is 58.2 Å². The van der Waals surface area contributed by atoms with E-state index in [1.165, 1.54) is 113 Å². The van der Waals surface area contributed by atoms with Gasteiger partial charge in [0.15, 0.2) is 0 Å². The summed E-state index contributed by atoms with van der Waals surface area (Å²) in [5, 5.41) is 4.72. The monoisotopic (exact) mass is 1670 g/mol. The number of fused-ring (bicyclic) bond motifs is 25. The van der Waals surface area contributed by atoms with Gasteiger partial charge in [-0.05, 0) is 142 Å². The molecular weight excluding hydrogens is 1620 g/mol. The molecule has 27 rings (SSSR count). The molecule has 0 spiro atoms. The Bertz CT molecular complexity index is 8310. The number of hydrogen-bond donors (Lipinski definition) is 0. The number of para-hydroxylation sites is 9. The molecule has 0 bridgehead atoms. The van der Waals surface area contributed by atoms with Gasteiger partial charge in [-0.2, -0.15) is 0 Å². The molecule has 6 aliphatic rings. The molecule has 0 atom stereocenters. The summed E-state index contributed by atoms with van der Waals surface area (Å²) in [6.45, 7) is -2.78. The zero-order valence-electron chi connectivity index (χ0n) is 63.9. The van der Waals surface area contributed by atoms with Gasteiger partial charge in [0.1, 0.15) is 110 Å². The second-order valence-corrected chi connectivity index (χ2v) is 34.2. The minimum atomic E-state index is -1.02. The molecule has 0 saturated carbocycles. The fraction of sp³-hybridized carbons (Fsp3) is 0. The minimum Gasteiger partial charge on any atom is -0.458 e. The van der Waals surface area contributed by atoms with Gasteiger partial charge in [0.2, 0.25) is 0 Å². The van der Waals surface area contributed by atoms with E-state index in [0.717, 1.165) is 60.9 Å². The maximum atomic E-state index is 18.2. The van der Waals surface area contributed by atoms with Crippen molar-refractivity contribution in [1.29, 1.82) is 0 Å². The molecule has 24 heteroatoms. The predicted octanol–water partition coefficient (Wildman–Crippen LogP) is 22.0. The Balaban J connectivity index is 0.768. The first kappa shape index (κ1) is 69.9. The summed E-state index contributed by atoms with van der Waals surface area (Å²) in [6, 6.07) is 77.9. The van der Waals surface area contributed by atoms with Crippen molar-refractivity contribution < 1.29 is 58.1 Å². The maximum Gasteiger partial charge on any atom is 0.268 e. The van der Waals surface area contributed by atoms with E-state index in [-0.39, 0.29) is 79.1 Å². The molecule has 21 aromatic rings. The van der Waals surface area contributed by atoms with Crippen molar-refractivity contribution in [1.82, 2.24) is 13.7 Å². The Hall–Kier alpha value is -14.9. The van der Waals surface area contributed by atoms with Gasteiger partial charge in [-0.25, -0.2) is 43.9 Å². The van der Waals surface area contributed by atoms with Gasteiger partial charge in [-0.3, -0.25) is 0 Å². The quantitative estimate of drug-likeness (QED) is 0.122. The predicted molar refractivity (Wildman–Crippen MR) is 477 cm³/mol. The van der Waals surface area contributed by atoms with Crippen molar-refractivity contribution in [3.63, 3.8) is 0 Å². The highest BCUT2D eigenvalue weighted by molar-refractivity contribution is 7.34. The Morgan fingerprint density at radius 1 is 0.234 bits per heavy atom. The van der Waals surface area contributed by atoms with Crippen LogP contribution in [0.4, 0.5) is 95.1 Å². The van der Waals surface area contributed by atoms with Crippen molar-refractivity contribution in [2.24, 2.45) is 0 Å². The molecule has 6 aliphatic heterocycles. The van der Waals surface area contributed by atoms with Gasteiger partial charge < -0.3 is 42.6 Å². The third kappa shape index (κ3) is 9.15. The average molecular weight is 1670 g/mol. The largest absolute Gasteiger partial charge is 0.458 e. The lowest BCUT2D eigenvalue weighted by atomic mass is 9.31. The topological polar surface area (TPSA) is 52.2 Å². The van der Waals surface area contributed by atoms with Gasteiger partial charge in [-0.1, -0.05) is 146 Å². The number of aromatic nitrogens is 3. The normalized spacial score (nSPS) is 13.7. The van der Waals surface area contributed by atoms with Crippen LogP contribution in [0.1, 0.15) is 0 Å². The van der Waals surface area contributed by atoms with Crippen molar-refractivity contribution in [3.05, 3.63) is 343 Å². The fourth-order valence-electron chi connectivity index (χ4n) is 21.0. The van der Waals surface area contributed by atoms with E-state index in [2.05, 4.69) is 4.57 Å². The summed E-state index contributed by atoms with van der Waals surface area (Å²) < 4.78 is 207. The molecule has 0 N–H and O–H groups in total. The molecule has 0 radical (unpaired) electrons. The van der Waals surface area contributed by atoms with Crippen LogP contribution >= 0.6 is 22.7 Å². The first-order valence-corrected chi connectivity index (χ1v) is 41.7. The summed E-state index contributed by atoms with van der Waals surface area (Å²) in [6.07, 6.45) is 0. The van der Waals surface area contributed by atoms with E-state index in [0.29, 0.717) is 103 Å². The third-order valence-corrected chi connectivity index (χ3v) is 28.2. The molecule has 5 aromatic heterocycles. The summed E-state index contributed by atoms with van der Waals surface area (Å²) in [4.78, 5) is 4.42. The van der Waals surface area contributed by atoms with Crippen LogP contribution in [-0.2, 0) is 0 Å². The molecule has 0 amide bonds. The number of hydrogen-bond acceptors (Lipinski definition) is 8. The van der Waals surface area contributed by atoms with E-state index in [4.69, 9.17) is 14.2 Å². The van der Waals surface area contributed by atoms with Crippen LogP contribution < -0.4 is 76.7 Å². The molecule has 0 saturated heterocycles. The Labute approximate surface area is 704 Å². The average Bonchev–Trinajstić information content (AvgIpc) is 1.26. The number of benzene rings is 16. The number of halogens is 10. The molecule has 11 heterocycles. The Kier molecular flexibility index (Phi) is 14.0. The zero-order valence-corrected chi connectivity index (χ0v) is 65.5. The molecule has 124 heavy (non-hydrogen) atoms. The van der Waals surface area contributed by atoms with Gasteiger partial charge >= 0.3 is 0 Å². The van der Waals surface area contributed by atoms with E-state index >= 15 is 43.9 Å². The number of anilines is 9. The molecule has 16 aromatic carbocycles. The zero-order chi connectivity index (χ0) is 82.6. The molecular formula is C100H47B3F10N6O3S2. The lowest BCUT2D eigenvalue weighted by molar-refractivity contribution is 0.464. The smallest absolute Gasteiger partial charge is 0.268 e. The maximum absolute atomic E-state index is 18.2. The minimum absolute atomic E-state index is 0.0482. The summed E-state index contributed by atoms with van der Waals surface area (Å²) in [5.74, 6) is -6.88. The highest BCUT2D eigenvalue weighted by atomic mass is 32.1. The molecule has 0 fully saturated rings. The molecule has 0 unspecified atom stereocenters. The lowest BCUT2D eigenvalue weighted by Gasteiger charge is -2.44. The van der Waals surface area contributed by atoms with Gasteiger partial charge in [0.05, 0.1) is 55.8 Å². The first-order chi connectivity index (χ1) is 60.7. The lowest BCUT2D eigenvalue weighted by Crippen LogP contribution is -2.64. The van der Waals surface area contributed by atoms with E-state index < -0.39 is 95.4 Å². The second kappa shape index (κ2) is 24.9. The summed E-state index contributed by atoms with van der Waals surface area (Å²) in [7, 11) is 0. The Morgan fingerprint density at radius 2 is 0.581 bits per heavy atom. The molecule has 586 valence electrons. The van der Waals surface area contributed by atoms with Crippen LogP contribution in [0.5, 0.6) is 34.5 Å². The summed E-state index contributed by atoms with van der Waals surface area (Å²) >= 11 is 2.85. The van der Waals surface area contributed by atoms with Gasteiger partial charge in [0.25, 0.3) is 20.1 Å². The van der Waals surface area contributed by atoms with E-state index in [9.17, 15) is 0 Å². The fourth-order valence-corrected chi connectivity index (χ4v) is 23.6. The SMILES string of the molecule is Fc1cccc(F)c1N1c2cc3c(cc2B2c4sc5ccccc5c4Oc4cc(-n5c6c(F)cccc6c6cccc(F)c65)cc1c42)B1c2cc4c(cc2Oc2cc(-n5c6ccccc6c6ccccc65)cc(c21)O3)N(c1c(F)cccc1F)c1cc(-n2c3c(F)cccc3c3cccc(F)c32)cc2c1B4c1sc3ccccc3c1N2c1c(F)cccc1F. The molecule has 9 nitrogen and oxygen atoms in total. The van der Waals surface area contributed by atoms with E-state index in [1.807, 2.05) is 121 Å². The number of nitrogens with zero attached hydrogens (tertiary/aromatic N) is 6.